The predicted molar refractivity (Wildman–Crippen MR) is 94.6 cm³/mol. The lowest BCUT2D eigenvalue weighted by Gasteiger charge is -2.36. The lowest BCUT2D eigenvalue weighted by atomic mass is 9.86. The first kappa shape index (κ1) is 15.9. The summed E-state index contributed by atoms with van der Waals surface area (Å²) in [5.74, 6) is 2.63. The standard InChI is InChI=1S/C20H20N2O2/c1-2-15-9-6-10-17(11-15)21-18-12-19(13-18)22-20(23)24-14-16-7-4-3-5-8-16/h1,3-11,18-19,21H,12-14H2,(H,22,23). The maximum absolute atomic E-state index is 11.8. The largest absolute Gasteiger partial charge is 0.445 e. The topological polar surface area (TPSA) is 50.4 Å². The van der Waals surface area contributed by atoms with Gasteiger partial charge in [-0.1, -0.05) is 42.3 Å². The van der Waals surface area contributed by atoms with Crippen molar-refractivity contribution in [2.75, 3.05) is 5.32 Å². The normalized spacial score (nSPS) is 18.8. The number of alkyl carbamates (subject to hydrolysis) is 1. The van der Waals surface area contributed by atoms with Crippen LogP contribution in [0.25, 0.3) is 0 Å². The molecule has 4 nitrogen and oxygen atoms in total. The SMILES string of the molecule is C#Cc1cccc(NC2CC(NC(=O)OCc3ccccc3)C2)c1. The zero-order chi connectivity index (χ0) is 16.8. The highest BCUT2D eigenvalue weighted by molar-refractivity contribution is 5.68. The fraction of sp³-hybridized carbons (Fsp3) is 0.250. The summed E-state index contributed by atoms with van der Waals surface area (Å²) in [6, 6.07) is 17.9. The fourth-order valence-corrected chi connectivity index (χ4v) is 2.72. The van der Waals surface area contributed by atoms with E-state index in [1.165, 1.54) is 0 Å². The van der Waals surface area contributed by atoms with Gasteiger partial charge in [0.05, 0.1) is 0 Å². The molecule has 1 aliphatic carbocycles. The molecule has 0 spiro atoms. The molecule has 4 heteroatoms. The second-order valence-electron chi connectivity index (χ2n) is 5.94. The summed E-state index contributed by atoms with van der Waals surface area (Å²) < 4.78 is 5.23. The Balaban J connectivity index is 1.37. The van der Waals surface area contributed by atoms with Gasteiger partial charge in [0.25, 0.3) is 0 Å². The molecular formula is C20H20N2O2. The number of carbonyl (C=O) groups is 1. The molecule has 0 bridgehead atoms. The van der Waals surface area contributed by atoms with E-state index in [0.717, 1.165) is 29.7 Å². The van der Waals surface area contributed by atoms with Gasteiger partial charge in [0, 0.05) is 23.3 Å². The molecule has 1 fully saturated rings. The lowest BCUT2D eigenvalue weighted by molar-refractivity contribution is 0.129. The average Bonchev–Trinajstić information content (AvgIpc) is 2.59. The van der Waals surface area contributed by atoms with E-state index in [-0.39, 0.29) is 12.1 Å². The molecule has 2 N–H and O–H groups in total. The van der Waals surface area contributed by atoms with Crippen molar-refractivity contribution >= 4 is 11.8 Å². The Bertz CT molecular complexity index is 731. The number of benzene rings is 2. The van der Waals surface area contributed by atoms with Gasteiger partial charge in [-0.15, -0.1) is 6.42 Å². The minimum Gasteiger partial charge on any atom is -0.445 e. The van der Waals surface area contributed by atoms with Gasteiger partial charge in [-0.2, -0.15) is 0 Å². The van der Waals surface area contributed by atoms with Crippen molar-refractivity contribution in [3.63, 3.8) is 0 Å². The molecule has 2 aromatic rings. The molecule has 1 aliphatic rings. The molecule has 3 rings (SSSR count). The third-order valence-corrected chi connectivity index (χ3v) is 4.07. The van der Waals surface area contributed by atoms with Crippen molar-refractivity contribution in [3.05, 3.63) is 65.7 Å². The molecule has 1 amide bonds. The molecule has 0 radical (unpaired) electrons. The second kappa shape index (κ2) is 7.56. The quantitative estimate of drug-likeness (QED) is 0.829. The average molecular weight is 320 g/mol. The molecule has 0 unspecified atom stereocenters. The minimum atomic E-state index is -0.364. The number of anilines is 1. The maximum Gasteiger partial charge on any atom is 0.407 e. The summed E-state index contributed by atoms with van der Waals surface area (Å²) in [7, 11) is 0. The van der Waals surface area contributed by atoms with Crippen LogP contribution in [0.15, 0.2) is 54.6 Å². The number of terminal acetylenes is 1. The molecule has 0 heterocycles. The Labute approximate surface area is 142 Å². The highest BCUT2D eigenvalue weighted by Crippen LogP contribution is 2.24. The number of nitrogens with one attached hydrogen (secondary N) is 2. The molecule has 1 saturated carbocycles. The number of amides is 1. The Hall–Kier alpha value is -2.93. The number of hydrogen-bond acceptors (Lipinski definition) is 3. The number of ether oxygens (including phenoxy) is 1. The zero-order valence-electron chi connectivity index (χ0n) is 13.4. The monoisotopic (exact) mass is 320 g/mol. The van der Waals surface area contributed by atoms with E-state index in [0.29, 0.717) is 12.6 Å². The van der Waals surface area contributed by atoms with Gasteiger partial charge in [0.1, 0.15) is 6.61 Å². The van der Waals surface area contributed by atoms with Gasteiger partial charge in [-0.25, -0.2) is 4.79 Å². The Morgan fingerprint density at radius 2 is 1.92 bits per heavy atom. The van der Waals surface area contributed by atoms with Crippen molar-refractivity contribution in [1.29, 1.82) is 0 Å². The summed E-state index contributed by atoms with van der Waals surface area (Å²) in [5, 5.41) is 6.32. The molecule has 0 aliphatic heterocycles. The first-order valence-electron chi connectivity index (χ1n) is 8.03. The van der Waals surface area contributed by atoms with Gasteiger partial charge in [-0.3, -0.25) is 0 Å². The number of hydrogen-bond donors (Lipinski definition) is 2. The van der Waals surface area contributed by atoms with E-state index in [2.05, 4.69) is 16.6 Å². The smallest absolute Gasteiger partial charge is 0.407 e. The van der Waals surface area contributed by atoms with Crippen LogP contribution in [0, 0.1) is 12.3 Å². The van der Waals surface area contributed by atoms with Crippen LogP contribution in [0.5, 0.6) is 0 Å². The summed E-state index contributed by atoms with van der Waals surface area (Å²) in [5.41, 5.74) is 2.85. The van der Waals surface area contributed by atoms with Gasteiger partial charge in [0.2, 0.25) is 0 Å². The molecule has 2 aromatic carbocycles. The zero-order valence-corrected chi connectivity index (χ0v) is 13.4. The Morgan fingerprint density at radius 1 is 1.12 bits per heavy atom. The fourth-order valence-electron chi connectivity index (χ4n) is 2.72. The first-order chi connectivity index (χ1) is 11.7. The third-order valence-electron chi connectivity index (χ3n) is 4.07. The molecular weight excluding hydrogens is 300 g/mol. The first-order valence-corrected chi connectivity index (χ1v) is 8.03. The van der Waals surface area contributed by atoms with E-state index in [9.17, 15) is 4.79 Å². The summed E-state index contributed by atoms with van der Waals surface area (Å²) in [6.07, 6.45) is 6.79. The predicted octanol–water partition coefficient (Wildman–Crippen LogP) is 3.54. The molecule has 0 saturated heterocycles. The van der Waals surface area contributed by atoms with Crippen LogP contribution in [0.1, 0.15) is 24.0 Å². The highest BCUT2D eigenvalue weighted by atomic mass is 16.5. The highest BCUT2D eigenvalue weighted by Gasteiger charge is 2.30. The van der Waals surface area contributed by atoms with Crippen molar-refractivity contribution in [1.82, 2.24) is 5.32 Å². The Morgan fingerprint density at radius 3 is 2.67 bits per heavy atom. The summed E-state index contributed by atoms with van der Waals surface area (Å²) >= 11 is 0. The van der Waals surface area contributed by atoms with Gasteiger partial charge in [-0.05, 0) is 36.6 Å². The van der Waals surface area contributed by atoms with Crippen molar-refractivity contribution < 1.29 is 9.53 Å². The lowest BCUT2D eigenvalue weighted by Crippen LogP contribution is -2.49. The summed E-state index contributed by atoms with van der Waals surface area (Å²) in [4.78, 5) is 11.8. The van der Waals surface area contributed by atoms with Crippen LogP contribution in [-0.2, 0) is 11.3 Å². The molecule has 122 valence electrons. The third kappa shape index (κ3) is 4.30. The maximum atomic E-state index is 11.8. The minimum absolute atomic E-state index is 0.154. The molecule has 0 atom stereocenters. The van der Waals surface area contributed by atoms with E-state index in [4.69, 9.17) is 11.2 Å². The van der Waals surface area contributed by atoms with Crippen LogP contribution in [0.2, 0.25) is 0 Å². The number of carbonyl (C=O) groups excluding carboxylic acids is 1. The molecule has 0 aromatic heterocycles. The van der Waals surface area contributed by atoms with E-state index < -0.39 is 0 Å². The Kier molecular flexibility index (Phi) is 5.02. The van der Waals surface area contributed by atoms with Crippen LogP contribution >= 0.6 is 0 Å². The van der Waals surface area contributed by atoms with Crippen molar-refractivity contribution in [2.24, 2.45) is 0 Å². The van der Waals surface area contributed by atoms with E-state index in [1.54, 1.807) is 0 Å². The summed E-state index contributed by atoms with van der Waals surface area (Å²) in [6.45, 7) is 0.292. The number of rotatable bonds is 5. The van der Waals surface area contributed by atoms with E-state index >= 15 is 0 Å². The van der Waals surface area contributed by atoms with Crippen LogP contribution in [0.4, 0.5) is 10.5 Å². The molecule has 24 heavy (non-hydrogen) atoms. The van der Waals surface area contributed by atoms with Crippen LogP contribution in [-0.4, -0.2) is 18.2 Å². The van der Waals surface area contributed by atoms with Crippen molar-refractivity contribution in [3.8, 4) is 12.3 Å². The van der Waals surface area contributed by atoms with Crippen LogP contribution < -0.4 is 10.6 Å². The van der Waals surface area contributed by atoms with Gasteiger partial charge in [0.15, 0.2) is 0 Å². The van der Waals surface area contributed by atoms with Gasteiger partial charge >= 0.3 is 6.09 Å². The van der Waals surface area contributed by atoms with Crippen molar-refractivity contribution in [2.45, 2.75) is 31.5 Å². The van der Waals surface area contributed by atoms with Crippen LogP contribution in [0.3, 0.4) is 0 Å². The second-order valence-corrected chi connectivity index (χ2v) is 5.94. The van der Waals surface area contributed by atoms with Gasteiger partial charge < -0.3 is 15.4 Å². The van der Waals surface area contributed by atoms with E-state index in [1.807, 2.05) is 54.6 Å².